The van der Waals surface area contributed by atoms with Crippen LogP contribution in [0.25, 0.3) is 0 Å². The van der Waals surface area contributed by atoms with Crippen LogP contribution in [0.1, 0.15) is 60.3 Å². The summed E-state index contributed by atoms with van der Waals surface area (Å²) in [6.45, 7) is 17.6. The van der Waals surface area contributed by atoms with Gasteiger partial charge >= 0.3 is 0 Å². The molecule has 0 atom stereocenters. The summed E-state index contributed by atoms with van der Waals surface area (Å²) >= 11 is 0. The van der Waals surface area contributed by atoms with Crippen LogP contribution in [0.5, 0.6) is 0 Å². The average molecular weight is 268 g/mol. The molecule has 114 valence electrons. The molecule has 1 saturated carbocycles. The summed E-state index contributed by atoms with van der Waals surface area (Å²) in [4.78, 5) is 2.49. The van der Waals surface area contributed by atoms with Gasteiger partial charge in [0.15, 0.2) is 0 Å². The standard InChI is InChI=1S/C17H36N2/c1-6-19(7-2)13-12-18-14-15-8-10-16(11-9-15)17(3,4)5/h15-16,18H,6-14H2,1-5H3. The van der Waals surface area contributed by atoms with Crippen molar-refractivity contribution in [2.24, 2.45) is 17.3 Å². The first-order valence-electron chi connectivity index (χ1n) is 8.40. The molecule has 0 heterocycles. The lowest BCUT2D eigenvalue weighted by Gasteiger charge is -2.37. The zero-order valence-electron chi connectivity index (χ0n) is 14.0. The van der Waals surface area contributed by atoms with Gasteiger partial charge in [0.25, 0.3) is 0 Å². The summed E-state index contributed by atoms with van der Waals surface area (Å²) in [5.74, 6) is 1.87. The van der Waals surface area contributed by atoms with Crippen molar-refractivity contribution in [3.63, 3.8) is 0 Å². The largest absolute Gasteiger partial charge is 0.315 e. The second kappa shape index (κ2) is 8.26. The van der Waals surface area contributed by atoms with Crippen molar-refractivity contribution in [2.45, 2.75) is 60.3 Å². The van der Waals surface area contributed by atoms with Gasteiger partial charge in [0.1, 0.15) is 0 Å². The summed E-state index contributed by atoms with van der Waals surface area (Å²) < 4.78 is 0. The number of nitrogens with one attached hydrogen (secondary N) is 1. The van der Waals surface area contributed by atoms with Gasteiger partial charge in [0.2, 0.25) is 0 Å². The minimum atomic E-state index is 0.515. The number of rotatable bonds is 7. The van der Waals surface area contributed by atoms with Gasteiger partial charge < -0.3 is 10.2 Å². The number of hydrogen-bond donors (Lipinski definition) is 1. The lowest BCUT2D eigenvalue weighted by atomic mass is 9.70. The molecule has 1 aliphatic carbocycles. The predicted octanol–water partition coefficient (Wildman–Crippen LogP) is 3.77. The Morgan fingerprint density at radius 2 is 1.58 bits per heavy atom. The Morgan fingerprint density at radius 1 is 1.00 bits per heavy atom. The average Bonchev–Trinajstić information content (AvgIpc) is 2.38. The van der Waals surface area contributed by atoms with Crippen LogP contribution in [0, 0.1) is 17.3 Å². The summed E-state index contributed by atoms with van der Waals surface area (Å²) in [5, 5.41) is 3.67. The van der Waals surface area contributed by atoms with Crippen LogP contribution in [0.2, 0.25) is 0 Å². The van der Waals surface area contributed by atoms with Crippen LogP contribution in [0.4, 0.5) is 0 Å². The smallest absolute Gasteiger partial charge is 0.0107 e. The first-order valence-corrected chi connectivity index (χ1v) is 8.40. The molecule has 0 radical (unpaired) electrons. The van der Waals surface area contributed by atoms with Gasteiger partial charge in [-0.2, -0.15) is 0 Å². The molecule has 0 saturated heterocycles. The fraction of sp³-hybridized carbons (Fsp3) is 1.00. The Labute approximate surface area is 121 Å². The minimum absolute atomic E-state index is 0.515. The van der Waals surface area contributed by atoms with E-state index in [1.165, 1.54) is 51.9 Å². The predicted molar refractivity (Wildman–Crippen MR) is 85.6 cm³/mol. The molecule has 1 N–H and O–H groups in total. The van der Waals surface area contributed by atoms with Gasteiger partial charge in [-0.1, -0.05) is 34.6 Å². The fourth-order valence-corrected chi connectivity index (χ4v) is 3.32. The zero-order chi connectivity index (χ0) is 14.3. The third kappa shape index (κ3) is 6.27. The van der Waals surface area contributed by atoms with E-state index in [1.807, 2.05) is 0 Å². The Kier molecular flexibility index (Phi) is 7.38. The number of nitrogens with zero attached hydrogens (tertiary/aromatic N) is 1. The fourth-order valence-electron chi connectivity index (χ4n) is 3.32. The molecule has 0 aromatic rings. The lowest BCUT2D eigenvalue weighted by molar-refractivity contribution is 0.148. The number of likely N-dealkylation sites (N-methyl/N-ethyl adjacent to an activating group) is 1. The SMILES string of the molecule is CCN(CC)CCNCC1CCC(C(C)(C)C)CC1. The van der Waals surface area contributed by atoms with Gasteiger partial charge in [-0.25, -0.2) is 0 Å². The molecule has 0 unspecified atom stereocenters. The summed E-state index contributed by atoms with van der Waals surface area (Å²) in [6.07, 6.45) is 5.73. The minimum Gasteiger partial charge on any atom is -0.315 e. The number of hydrogen-bond acceptors (Lipinski definition) is 2. The quantitative estimate of drug-likeness (QED) is 0.707. The first-order chi connectivity index (χ1) is 8.97. The summed E-state index contributed by atoms with van der Waals surface area (Å²) in [5.41, 5.74) is 0.515. The lowest BCUT2D eigenvalue weighted by Crippen LogP contribution is -2.35. The van der Waals surface area contributed by atoms with Crippen molar-refractivity contribution >= 4 is 0 Å². The van der Waals surface area contributed by atoms with Crippen molar-refractivity contribution in [3.05, 3.63) is 0 Å². The highest BCUT2D eigenvalue weighted by molar-refractivity contribution is 4.81. The van der Waals surface area contributed by atoms with E-state index >= 15 is 0 Å². The normalized spacial score (nSPS) is 24.9. The monoisotopic (exact) mass is 268 g/mol. The van der Waals surface area contributed by atoms with Gasteiger partial charge in [-0.15, -0.1) is 0 Å². The molecule has 19 heavy (non-hydrogen) atoms. The molecule has 0 spiro atoms. The van der Waals surface area contributed by atoms with Crippen LogP contribution in [-0.2, 0) is 0 Å². The maximum atomic E-state index is 3.67. The molecule has 2 heteroatoms. The van der Waals surface area contributed by atoms with Gasteiger partial charge in [-0.05, 0) is 62.6 Å². The van der Waals surface area contributed by atoms with E-state index in [0.717, 1.165) is 18.4 Å². The van der Waals surface area contributed by atoms with Crippen molar-refractivity contribution in [3.8, 4) is 0 Å². The van der Waals surface area contributed by atoms with Crippen LogP contribution in [-0.4, -0.2) is 37.6 Å². The molecule has 0 aliphatic heterocycles. The van der Waals surface area contributed by atoms with E-state index in [2.05, 4.69) is 44.8 Å². The van der Waals surface area contributed by atoms with Gasteiger partial charge in [0, 0.05) is 13.1 Å². The second-order valence-electron chi connectivity index (χ2n) is 7.31. The van der Waals surface area contributed by atoms with Gasteiger partial charge in [-0.3, -0.25) is 0 Å². The van der Waals surface area contributed by atoms with Crippen LogP contribution < -0.4 is 5.32 Å². The summed E-state index contributed by atoms with van der Waals surface area (Å²) in [6, 6.07) is 0. The molecule has 1 rings (SSSR count). The molecule has 1 fully saturated rings. The van der Waals surface area contributed by atoms with E-state index in [9.17, 15) is 0 Å². The Hall–Kier alpha value is -0.0800. The first kappa shape index (κ1) is 17.0. The molecule has 2 nitrogen and oxygen atoms in total. The third-order valence-electron chi connectivity index (χ3n) is 5.00. The highest BCUT2D eigenvalue weighted by Crippen LogP contribution is 2.39. The summed E-state index contributed by atoms with van der Waals surface area (Å²) in [7, 11) is 0. The molecule has 0 aromatic carbocycles. The molecule has 1 aliphatic rings. The van der Waals surface area contributed by atoms with Crippen LogP contribution >= 0.6 is 0 Å². The molecule has 0 amide bonds. The molecule has 0 aromatic heterocycles. The zero-order valence-corrected chi connectivity index (χ0v) is 14.0. The van der Waals surface area contributed by atoms with Crippen molar-refractivity contribution in [1.29, 1.82) is 0 Å². The van der Waals surface area contributed by atoms with E-state index in [4.69, 9.17) is 0 Å². The van der Waals surface area contributed by atoms with E-state index < -0.39 is 0 Å². The Morgan fingerprint density at radius 3 is 2.05 bits per heavy atom. The van der Waals surface area contributed by atoms with Crippen molar-refractivity contribution < 1.29 is 0 Å². The maximum Gasteiger partial charge on any atom is 0.0107 e. The Bertz CT molecular complexity index is 220. The van der Waals surface area contributed by atoms with E-state index in [0.29, 0.717) is 5.41 Å². The van der Waals surface area contributed by atoms with E-state index in [1.54, 1.807) is 0 Å². The highest BCUT2D eigenvalue weighted by atomic mass is 15.1. The molecule has 0 bridgehead atoms. The third-order valence-corrected chi connectivity index (χ3v) is 5.00. The maximum absolute atomic E-state index is 3.67. The van der Waals surface area contributed by atoms with Crippen molar-refractivity contribution in [1.82, 2.24) is 10.2 Å². The Balaban J connectivity index is 2.10. The van der Waals surface area contributed by atoms with Gasteiger partial charge in [0.05, 0.1) is 0 Å². The van der Waals surface area contributed by atoms with Crippen molar-refractivity contribution in [2.75, 3.05) is 32.7 Å². The molecular weight excluding hydrogens is 232 g/mol. The van der Waals surface area contributed by atoms with Crippen LogP contribution in [0.15, 0.2) is 0 Å². The highest BCUT2D eigenvalue weighted by Gasteiger charge is 2.29. The van der Waals surface area contributed by atoms with Crippen LogP contribution in [0.3, 0.4) is 0 Å². The second-order valence-corrected chi connectivity index (χ2v) is 7.31. The van der Waals surface area contributed by atoms with E-state index in [-0.39, 0.29) is 0 Å². The topological polar surface area (TPSA) is 15.3 Å². The molecular formula is C17H36N2.